The molecule has 0 unspecified atom stereocenters. The predicted octanol–water partition coefficient (Wildman–Crippen LogP) is 4.00. The van der Waals surface area contributed by atoms with E-state index in [2.05, 4.69) is 36.0 Å². The molecule has 0 spiro atoms. The summed E-state index contributed by atoms with van der Waals surface area (Å²) in [6.07, 6.45) is 9.26. The molecule has 2 amide bonds. The number of hydrogen-bond acceptors (Lipinski definition) is 3. The maximum absolute atomic E-state index is 13.3. The van der Waals surface area contributed by atoms with Crippen LogP contribution in [0.2, 0.25) is 0 Å². The van der Waals surface area contributed by atoms with Gasteiger partial charge in [0.2, 0.25) is 5.91 Å². The number of nitrogens with zero attached hydrogens (tertiary/aromatic N) is 3. The van der Waals surface area contributed by atoms with Gasteiger partial charge in [-0.3, -0.25) is 9.59 Å². The Bertz CT molecular complexity index is 1020. The van der Waals surface area contributed by atoms with Gasteiger partial charge >= 0.3 is 0 Å². The van der Waals surface area contributed by atoms with Crippen LogP contribution in [0.5, 0.6) is 0 Å². The topological polar surface area (TPSA) is 67.2 Å². The SMILES string of the molecule is CC(C)Cn1cc(C2=CCCCC2)c2ccc(C(=O)N3CCNC(=O)C3(C)C)nc21. The second-order valence-corrected chi connectivity index (χ2v) is 9.40. The minimum Gasteiger partial charge on any atom is -0.352 e. The van der Waals surface area contributed by atoms with Crippen molar-refractivity contribution in [2.24, 2.45) is 5.92 Å². The molecule has 2 aromatic rings. The molecule has 0 radical (unpaired) electrons. The molecule has 0 aromatic carbocycles. The second kappa shape index (κ2) is 7.89. The van der Waals surface area contributed by atoms with Crippen molar-refractivity contribution in [3.63, 3.8) is 0 Å². The molecule has 0 saturated carbocycles. The minimum atomic E-state index is -0.885. The first-order valence-corrected chi connectivity index (χ1v) is 11.1. The van der Waals surface area contributed by atoms with Crippen LogP contribution in [0.4, 0.5) is 0 Å². The van der Waals surface area contributed by atoms with Crippen LogP contribution < -0.4 is 5.32 Å². The fourth-order valence-electron chi connectivity index (χ4n) is 4.55. The number of hydrogen-bond donors (Lipinski definition) is 1. The summed E-state index contributed by atoms with van der Waals surface area (Å²) in [6, 6.07) is 3.86. The Morgan fingerprint density at radius 3 is 2.77 bits per heavy atom. The molecule has 1 saturated heterocycles. The highest BCUT2D eigenvalue weighted by atomic mass is 16.2. The molecule has 0 atom stereocenters. The van der Waals surface area contributed by atoms with Gasteiger partial charge in [0.15, 0.2) is 0 Å². The first-order chi connectivity index (χ1) is 14.3. The number of rotatable bonds is 4. The van der Waals surface area contributed by atoms with Gasteiger partial charge in [-0.15, -0.1) is 0 Å². The first kappa shape index (κ1) is 20.6. The molecule has 30 heavy (non-hydrogen) atoms. The molecule has 160 valence electrons. The summed E-state index contributed by atoms with van der Waals surface area (Å²) < 4.78 is 2.19. The highest BCUT2D eigenvalue weighted by Gasteiger charge is 2.41. The second-order valence-electron chi connectivity index (χ2n) is 9.40. The van der Waals surface area contributed by atoms with Gasteiger partial charge in [0.1, 0.15) is 16.9 Å². The molecule has 6 nitrogen and oxygen atoms in total. The molecule has 1 aliphatic carbocycles. The molecular weight excluding hydrogens is 376 g/mol. The fourth-order valence-corrected chi connectivity index (χ4v) is 4.55. The number of fused-ring (bicyclic) bond motifs is 1. The largest absolute Gasteiger partial charge is 0.352 e. The lowest BCUT2D eigenvalue weighted by Crippen LogP contribution is -2.63. The zero-order valence-electron chi connectivity index (χ0n) is 18.5. The van der Waals surface area contributed by atoms with Crippen LogP contribution in [0, 0.1) is 5.92 Å². The molecule has 3 heterocycles. The molecule has 1 fully saturated rings. The zero-order chi connectivity index (χ0) is 21.5. The number of carbonyl (C=O) groups excluding carboxylic acids is 2. The van der Waals surface area contributed by atoms with Gasteiger partial charge in [-0.25, -0.2) is 4.98 Å². The summed E-state index contributed by atoms with van der Waals surface area (Å²) >= 11 is 0. The molecule has 6 heteroatoms. The van der Waals surface area contributed by atoms with Crippen LogP contribution in [0.25, 0.3) is 16.6 Å². The maximum atomic E-state index is 13.3. The lowest BCUT2D eigenvalue weighted by molar-refractivity contribution is -0.133. The van der Waals surface area contributed by atoms with E-state index in [0.717, 1.165) is 30.4 Å². The van der Waals surface area contributed by atoms with Crippen molar-refractivity contribution in [2.45, 2.75) is 65.5 Å². The third kappa shape index (κ3) is 3.64. The number of allylic oxidation sites excluding steroid dienone is 2. The van der Waals surface area contributed by atoms with E-state index in [1.807, 2.05) is 12.1 Å². The van der Waals surface area contributed by atoms with E-state index in [9.17, 15) is 9.59 Å². The molecule has 2 aromatic heterocycles. The van der Waals surface area contributed by atoms with Crippen LogP contribution in [0.15, 0.2) is 24.4 Å². The third-order valence-corrected chi connectivity index (χ3v) is 6.24. The summed E-state index contributed by atoms with van der Waals surface area (Å²) in [5.74, 6) is 0.157. The lowest BCUT2D eigenvalue weighted by atomic mass is 9.94. The van der Waals surface area contributed by atoms with Crippen LogP contribution in [-0.2, 0) is 11.3 Å². The molecular formula is C24H32N4O2. The van der Waals surface area contributed by atoms with E-state index < -0.39 is 5.54 Å². The number of piperazine rings is 1. The van der Waals surface area contributed by atoms with E-state index in [0.29, 0.717) is 24.7 Å². The standard InChI is InChI=1S/C24H32N4O2/c1-16(2)14-27-15-19(17-8-6-5-7-9-17)18-10-11-20(26-21(18)27)22(29)28-13-12-25-23(30)24(28,3)4/h8,10-11,15-16H,5-7,9,12-14H2,1-4H3,(H,25,30). The number of aromatic nitrogens is 2. The van der Waals surface area contributed by atoms with Gasteiger partial charge in [0.25, 0.3) is 5.91 Å². The van der Waals surface area contributed by atoms with E-state index in [1.165, 1.54) is 24.0 Å². The van der Waals surface area contributed by atoms with Crippen LogP contribution in [-0.4, -0.2) is 44.9 Å². The Hall–Kier alpha value is -2.63. The van der Waals surface area contributed by atoms with Gasteiger partial charge in [-0.2, -0.15) is 0 Å². The molecule has 2 aliphatic rings. The normalized spacial score (nSPS) is 19.2. The zero-order valence-corrected chi connectivity index (χ0v) is 18.5. The van der Waals surface area contributed by atoms with E-state index in [4.69, 9.17) is 4.98 Å². The Balaban J connectivity index is 1.76. The summed E-state index contributed by atoms with van der Waals surface area (Å²) in [6.45, 7) is 9.76. The lowest BCUT2D eigenvalue weighted by Gasteiger charge is -2.40. The van der Waals surface area contributed by atoms with Crippen molar-refractivity contribution in [1.82, 2.24) is 19.8 Å². The van der Waals surface area contributed by atoms with Crippen molar-refractivity contribution < 1.29 is 9.59 Å². The Morgan fingerprint density at radius 2 is 2.07 bits per heavy atom. The van der Waals surface area contributed by atoms with E-state index in [1.54, 1.807) is 18.7 Å². The summed E-state index contributed by atoms with van der Waals surface area (Å²) in [7, 11) is 0. The average Bonchev–Trinajstić information content (AvgIpc) is 3.07. The fraction of sp³-hybridized carbons (Fsp3) is 0.542. The highest BCUT2D eigenvalue weighted by molar-refractivity contribution is 6.00. The molecule has 1 N–H and O–H groups in total. The van der Waals surface area contributed by atoms with Crippen LogP contribution in [0.3, 0.4) is 0 Å². The number of nitrogens with one attached hydrogen (secondary N) is 1. The summed E-state index contributed by atoms with van der Waals surface area (Å²) in [5.41, 5.74) is 3.01. The first-order valence-electron chi connectivity index (χ1n) is 11.1. The van der Waals surface area contributed by atoms with Gasteiger partial charge in [-0.05, 0) is 63.2 Å². The number of amides is 2. The number of pyridine rings is 1. The molecule has 0 bridgehead atoms. The Labute approximate surface area is 178 Å². The van der Waals surface area contributed by atoms with Gasteiger partial charge in [0.05, 0.1) is 0 Å². The Kier molecular flexibility index (Phi) is 5.43. The van der Waals surface area contributed by atoms with E-state index in [-0.39, 0.29) is 11.8 Å². The monoisotopic (exact) mass is 408 g/mol. The van der Waals surface area contributed by atoms with Crippen molar-refractivity contribution in [3.8, 4) is 0 Å². The molecule has 1 aliphatic heterocycles. The minimum absolute atomic E-state index is 0.127. The average molecular weight is 409 g/mol. The highest BCUT2D eigenvalue weighted by Crippen LogP contribution is 2.33. The summed E-state index contributed by atoms with van der Waals surface area (Å²) in [4.78, 5) is 32.1. The molecule has 4 rings (SSSR count). The van der Waals surface area contributed by atoms with E-state index >= 15 is 0 Å². The van der Waals surface area contributed by atoms with Crippen molar-refractivity contribution in [2.75, 3.05) is 13.1 Å². The number of carbonyl (C=O) groups is 2. The van der Waals surface area contributed by atoms with Crippen molar-refractivity contribution in [1.29, 1.82) is 0 Å². The smallest absolute Gasteiger partial charge is 0.273 e. The van der Waals surface area contributed by atoms with Crippen LogP contribution >= 0.6 is 0 Å². The van der Waals surface area contributed by atoms with Gasteiger partial charge in [0, 0.05) is 36.8 Å². The van der Waals surface area contributed by atoms with Crippen LogP contribution in [0.1, 0.15) is 69.4 Å². The quantitative estimate of drug-likeness (QED) is 0.831. The summed E-state index contributed by atoms with van der Waals surface area (Å²) in [5, 5.41) is 3.95. The van der Waals surface area contributed by atoms with Crippen molar-refractivity contribution in [3.05, 3.63) is 35.7 Å². The predicted molar refractivity (Wildman–Crippen MR) is 119 cm³/mol. The maximum Gasteiger partial charge on any atom is 0.273 e. The van der Waals surface area contributed by atoms with Gasteiger partial charge < -0.3 is 14.8 Å². The Morgan fingerprint density at radius 1 is 1.27 bits per heavy atom. The third-order valence-electron chi connectivity index (χ3n) is 6.24. The van der Waals surface area contributed by atoms with Crippen molar-refractivity contribution >= 4 is 28.4 Å². The van der Waals surface area contributed by atoms with Gasteiger partial charge in [-0.1, -0.05) is 19.9 Å².